The second-order valence-electron chi connectivity index (χ2n) is 9.22. The molecule has 178 valence electrons. The van der Waals surface area contributed by atoms with Crippen molar-refractivity contribution in [3.05, 3.63) is 66.4 Å². The SMILES string of the molecule is COc1ccccc1-c1cc(C2CN3CCC2CC3CNC(=O)COc2ccccc2)n(C)n1. The van der Waals surface area contributed by atoms with Gasteiger partial charge in [-0.3, -0.25) is 14.4 Å². The van der Waals surface area contributed by atoms with Crippen LogP contribution in [0.2, 0.25) is 0 Å². The Kier molecular flexibility index (Phi) is 6.54. The van der Waals surface area contributed by atoms with E-state index in [1.807, 2.05) is 60.3 Å². The first-order valence-corrected chi connectivity index (χ1v) is 12.0. The predicted octanol–water partition coefficient (Wildman–Crippen LogP) is 3.47. The molecule has 1 amide bonds. The Balaban J connectivity index is 1.20. The largest absolute Gasteiger partial charge is 0.496 e. The zero-order valence-electron chi connectivity index (χ0n) is 19.8. The highest BCUT2D eigenvalue weighted by Gasteiger charge is 2.41. The lowest BCUT2D eigenvalue weighted by atomic mass is 9.74. The van der Waals surface area contributed by atoms with Crippen LogP contribution in [0.3, 0.4) is 0 Å². The van der Waals surface area contributed by atoms with Crippen LogP contribution in [-0.2, 0) is 11.8 Å². The van der Waals surface area contributed by atoms with Gasteiger partial charge in [0.05, 0.1) is 12.8 Å². The van der Waals surface area contributed by atoms with Crippen molar-refractivity contribution in [1.82, 2.24) is 20.0 Å². The molecule has 7 heteroatoms. The normalized spacial score (nSPS) is 23.5. The zero-order valence-corrected chi connectivity index (χ0v) is 19.8. The number of hydrogen-bond donors (Lipinski definition) is 1. The first-order chi connectivity index (χ1) is 16.6. The number of ether oxygens (including phenoxy) is 2. The van der Waals surface area contributed by atoms with Gasteiger partial charge in [0.2, 0.25) is 0 Å². The number of aryl methyl sites for hydroxylation is 1. The molecule has 34 heavy (non-hydrogen) atoms. The summed E-state index contributed by atoms with van der Waals surface area (Å²) in [6, 6.07) is 20.1. The van der Waals surface area contributed by atoms with E-state index in [2.05, 4.69) is 22.3 Å². The molecule has 4 heterocycles. The number of fused-ring (bicyclic) bond motifs is 3. The van der Waals surface area contributed by atoms with Crippen LogP contribution in [0.15, 0.2) is 60.7 Å². The number of benzene rings is 2. The van der Waals surface area contributed by atoms with Crippen molar-refractivity contribution < 1.29 is 14.3 Å². The second-order valence-corrected chi connectivity index (χ2v) is 9.22. The van der Waals surface area contributed by atoms with Crippen molar-refractivity contribution in [2.75, 3.05) is 33.4 Å². The van der Waals surface area contributed by atoms with Crippen LogP contribution in [0.1, 0.15) is 24.5 Å². The van der Waals surface area contributed by atoms with Crippen molar-refractivity contribution in [1.29, 1.82) is 0 Å². The number of rotatable bonds is 8. The maximum Gasteiger partial charge on any atom is 0.257 e. The number of carbonyl (C=O) groups excluding carboxylic acids is 1. The zero-order chi connectivity index (χ0) is 23.5. The number of amides is 1. The number of nitrogens with zero attached hydrogens (tertiary/aromatic N) is 3. The van der Waals surface area contributed by atoms with E-state index in [1.54, 1.807) is 7.11 Å². The fraction of sp³-hybridized carbons (Fsp3) is 0.407. The summed E-state index contributed by atoms with van der Waals surface area (Å²) in [5.74, 6) is 2.52. The molecule has 3 aliphatic rings. The molecule has 1 N–H and O–H groups in total. The van der Waals surface area contributed by atoms with Gasteiger partial charge >= 0.3 is 0 Å². The van der Waals surface area contributed by atoms with Crippen LogP contribution in [0.25, 0.3) is 11.3 Å². The van der Waals surface area contributed by atoms with Crippen LogP contribution in [-0.4, -0.2) is 60.0 Å². The lowest BCUT2D eigenvalue weighted by Crippen LogP contribution is -2.56. The average molecular weight is 461 g/mol. The van der Waals surface area contributed by atoms with Gasteiger partial charge in [0.25, 0.3) is 5.91 Å². The maximum absolute atomic E-state index is 12.3. The molecular weight excluding hydrogens is 428 g/mol. The molecule has 0 radical (unpaired) electrons. The Morgan fingerprint density at radius 1 is 1.15 bits per heavy atom. The summed E-state index contributed by atoms with van der Waals surface area (Å²) in [6.07, 6.45) is 2.26. The van der Waals surface area contributed by atoms with Gasteiger partial charge in [0.15, 0.2) is 6.61 Å². The summed E-state index contributed by atoms with van der Waals surface area (Å²) in [5.41, 5.74) is 3.24. The molecule has 3 aromatic rings. The van der Waals surface area contributed by atoms with E-state index < -0.39 is 0 Å². The molecule has 3 saturated heterocycles. The first kappa shape index (κ1) is 22.5. The summed E-state index contributed by atoms with van der Waals surface area (Å²) in [7, 11) is 3.74. The molecule has 0 saturated carbocycles. The van der Waals surface area contributed by atoms with Gasteiger partial charge in [-0.1, -0.05) is 30.3 Å². The third-order valence-corrected chi connectivity index (χ3v) is 7.21. The molecule has 1 aromatic heterocycles. The van der Waals surface area contributed by atoms with Crippen LogP contribution in [0.5, 0.6) is 11.5 Å². The van der Waals surface area contributed by atoms with Crippen LogP contribution >= 0.6 is 0 Å². The number of piperidine rings is 3. The Morgan fingerprint density at radius 2 is 1.94 bits per heavy atom. The third-order valence-electron chi connectivity index (χ3n) is 7.21. The molecule has 3 aliphatic heterocycles. The van der Waals surface area contributed by atoms with E-state index in [1.165, 1.54) is 12.1 Å². The first-order valence-electron chi connectivity index (χ1n) is 12.0. The average Bonchev–Trinajstić information content (AvgIpc) is 3.28. The van der Waals surface area contributed by atoms with E-state index in [4.69, 9.17) is 14.6 Å². The van der Waals surface area contributed by atoms with E-state index >= 15 is 0 Å². The Morgan fingerprint density at radius 3 is 2.71 bits per heavy atom. The molecule has 0 aliphatic carbocycles. The van der Waals surface area contributed by atoms with Gasteiger partial charge < -0.3 is 14.8 Å². The highest BCUT2D eigenvalue weighted by molar-refractivity contribution is 5.77. The molecule has 3 fully saturated rings. The van der Waals surface area contributed by atoms with Gasteiger partial charge in [-0.05, 0) is 55.6 Å². The molecule has 6 rings (SSSR count). The topological polar surface area (TPSA) is 68.6 Å². The number of carbonyl (C=O) groups is 1. The number of nitrogens with one attached hydrogen (secondary N) is 1. The van der Waals surface area contributed by atoms with Gasteiger partial charge in [0.1, 0.15) is 11.5 Å². The highest BCUT2D eigenvalue weighted by Crippen LogP contribution is 2.42. The van der Waals surface area contributed by atoms with Crippen molar-refractivity contribution in [3.8, 4) is 22.8 Å². The van der Waals surface area contributed by atoms with Gasteiger partial charge in [-0.25, -0.2) is 0 Å². The smallest absolute Gasteiger partial charge is 0.257 e. The van der Waals surface area contributed by atoms with E-state index in [0.29, 0.717) is 30.2 Å². The Labute approximate surface area is 200 Å². The van der Waals surface area contributed by atoms with E-state index in [0.717, 1.165) is 36.5 Å². The van der Waals surface area contributed by atoms with Crippen molar-refractivity contribution >= 4 is 5.91 Å². The predicted molar refractivity (Wildman–Crippen MR) is 131 cm³/mol. The summed E-state index contributed by atoms with van der Waals surface area (Å²) in [5, 5.41) is 7.89. The summed E-state index contributed by atoms with van der Waals surface area (Å²) < 4.78 is 13.1. The third kappa shape index (κ3) is 4.66. The molecule has 4 atom stereocenters. The fourth-order valence-electron chi connectivity index (χ4n) is 5.45. The minimum absolute atomic E-state index is 0.0452. The lowest BCUT2D eigenvalue weighted by molar-refractivity contribution is -0.123. The highest BCUT2D eigenvalue weighted by atomic mass is 16.5. The molecule has 4 unspecified atom stereocenters. The summed E-state index contributed by atoms with van der Waals surface area (Å²) in [4.78, 5) is 14.8. The summed E-state index contributed by atoms with van der Waals surface area (Å²) in [6.45, 7) is 2.79. The van der Waals surface area contributed by atoms with Crippen molar-refractivity contribution in [2.24, 2.45) is 13.0 Å². The number of para-hydroxylation sites is 2. The standard InChI is InChI=1S/C27H32N4O3/c1-30-25(15-24(29-30)22-10-6-7-11-26(22)33-2)23-17-31-13-12-19(23)14-20(31)16-28-27(32)18-34-21-8-4-3-5-9-21/h3-11,15,19-20,23H,12-14,16-18H2,1-2H3,(H,28,32). The number of aromatic nitrogens is 2. The van der Waals surface area contributed by atoms with Crippen molar-refractivity contribution in [3.63, 3.8) is 0 Å². The second kappa shape index (κ2) is 9.89. The van der Waals surface area contributed by atoms with Gasteiger partial charge in [0, 0.05) is 43.4 Å². The molecule has 0 spiro atoms. The van der Waals surface area contributed by atoms with Crippen LogP contribution < -0.4 is 14.8 Å². The molecular formula is C27H32N4O3. The minimum atomic E-state index is -0.0730. The van der Waals surface area contributed by atoms with Crippen LogP contribution in [0, 0.1) is 5.92 Å². The molecule has 2 aromatic carbocycles. The number of methoxy groups -OCH3 is 1. The molecule has 7 nitrogen and oxygen atoms in total. The lowest BCUT2D eigenvalue weighted by Gasteiger charge is -2.49. The minimum Gasteiger partial charge on any atom is -0.496 e. The van der Waals surface area contributed by atoms with Gasteiger partial charge in [-0.15, -0.1) is 0 Å². The fourth-order valence-corrected chi connectivity index (χ4v) is 5.45. The molecule has 2 bridgehead atoms. The van der Waals surface area contributed by atoms with Crippen LogP contribution in [0.4, 0.5) is 0 Å². The summed E-state index contributed by atoms with van der Waals surface area (Å²) >= 11 is 0. The maximum atomic E-state index is 12.3. The monoisotopic (exact) mass is 460 g/mol. The van der Waals surface area contributed by atoms with E-state index in [9.17, 15) is 4.79 Å². The Hall–Kier alpha value is -3.32. The number of hydrogen-bond acceptors (Lipinski definition) is 5. The quantitative estimate of drug-likeness (QED) is 0.558. The van der Waals surface area contributed by atoms with Gasteiger partial charge in [-0.2, -0.15) is 5.10 Å². The Bertz CT molecular complexity index is 1130. The van der Waals surface area contributed by atoms with E-state index in [-0.39, 0.29) is 12.5 Å². The van der Waals surface area contributed by atoms with Crippen molar-refractivity contribution in [2.45, 2.75) is 24.8 Å².